The van der Waals surface area contributed by atoms with E-state index in [0.717, 1.165) is 43.3 Å². The van der Waals surface area contributed by atoms with Gasteiger partial charge in [0.1, 0.15) is 0 Å². The van der Waals surface area contributed by atoms with E-state index < -0.39 is 0 Å². The molecular weight excluding hydrogens is 332 g/mol. The largest absolute Gasteiger partial charge is 0.357 e. The third-order valence-electron chi connectivity index (χ3n) is 6.51. The van der Waals surface area contributed by atoms with E-state index in [4.69, 9.17) is 4.99 Å². The van der Waals surface area contributed by atoms with Gasteiger partial charge in [-0.2, -0.15) is 0 Å². The summed E-state index contributed by atoms with van der Waals surface area (Å²) in [4.78, 5) is 10.2. The SMILES string of the molecule is CCNC(=NCC1CC1c1ccccc1)N1CCC(CN2CCCCC2)C1. The predicted molar refractivity (Wildman–Crippen MR) is 113 cm³/mol. The van der Waals surface area contributed by atoms with Gasteiger partial charge in [-0.1, -0.05) is 36.8 Å². The Labute approximate surface area is 165 Å². The predicted octanol–water partition coefficient (Wildman–Crippen LogP) is 3.56. The molecule has 148 valence electrons. The summed E-state index contributed by atoms with van der Waals surface area (Å²) >= 11 is 0. The molecule has 3 atom stereocenters. The Morgan fingerprint density at radius 1 is 1.11 bits per heavy atom. The van der Waals surface area contributed by atoms with Crippen molar-refractivity contribution >= 4 is 5.96 Å². The summed E-state index contributed by atoms with van der Waals surface area (Å²) in [5.74, 6) is 3.42. The zero-order chi connectivity index (χ0) is 18.5. The van der Waals surface area contributed by atoms with E-state index in [1.165, 1.54) is 63.8 Å². The van der Waals surface area contributed by atoms with Crippen LogP contribution in [-0.4, -0.2) is 61.6 Å². The van der Waals surface area contributed by atoms with Gasteiger partial charge in [-0.15, -0.1) is 0 Å². The highest BCUT2D eigenvalue weighted by molar-refractivity contribution is 5.80. The third kappa shape index (κ3) is 5.04. The Morgan fingerprint density at radius 3 is 2.70 bits per heavy atom. The summed E-state index contributed by atoms with van der Waals surface area (Å²) in [6, 6.07) is 11.0. The second kappa shape index (κ2) is 9.09. The number of hydrogen-bond acceptors (Lipinski definition) is 2. The van der Waals surface area contributed by atoms with Gasteiger partial charge in [0.15, 0.2) is 5.96 Å². The normalized spacial score (nSPS) is 29.1. The van der Waals surface area contributed by atoms with Crippen LogP contribution in [0.2, 0.25) is 0 Å². The summed E-state index contributed by atoms with van der Waals surface area (Å²) in [6.07, 6.45) is 6.83. The molecule has 0 bridgehead atoms. The number of nitrogens with one attached hydrogen (secondary N) is 1. The van der Waals surface area contributed by atoms with Crippen molar-refractivity contribution in [2.45, 2.75) is 44.9 Å². The van der Waals surface area contributed by atoms with Gasteiger partial charge >= 0.3 is 0 Å². The van der Waals surface area contributed by atoms with Gasteiger partial charge in [0.2, 0.25) is 0 Å². The lowest BCUT2D eigenvalue weighted by molar-refractivity contribution is 0.198. The first-order chi connectivity index (χ1) is 13.3. The number of hydrogen-bond donors (Lipinski definition) is 1. The van der Waals surface area contributed by atoms with Crippen LogP contribution in [0.1, 0.15) is 50.5 Å². The Morgan fingerprint density at radius 2 is 1.93 bits per heavy atom. The first-order valence-corrected chi connectivity index (χ1v) is 11.1. The molecule has 3 aliphatic rings. The van der Waals surface area contributed by atoms with Crippen LogP contribution in [-0.2, 0) is 0 Å². The molecule has 1 N–H and O–H groups in total. The molecule has 1 saturated carbocycles. The molecule has 4 nitrogen and oxygen atoms in total. The van der Waals surface area contributed by atoms with Crippen molar-refractivity contribution in [1.82, 2.24) is 15.1 Å². The minimum Gasteiger partial charge on any atom is -0.357 e. The van der Waals surface area contributed by atoms with Crippen molar-refractivity contribution < 1.29 is 0 Å². The van der Waals surface area contributed by atoms with Crippen LogP contribution in [0.3, 0.4) is 0 Å². The van der Waals surface area contributed by atoms with Crippen LogP contribution in [0.15, 0.2) is 35.3 Å². The van der Waals surface area contributed by atoms with Gasteiger partial charge in [0, 0.05) is 32.7 Å². The van der Waals surface area contributed by atoms with Crippen molar-refractivity contribution in [2.75, 3.05) is 45.8 Å². The number of piperidine rings is 1. The lowest BCUT2D eigenvalue weighted by Gasteiger charge is -2.29. The fourth-order valence-electron chi connectivity index (χ4n) is 4.87. The molecule has 1 aliphatic carbocycles. The summed E-state index contributed by atoms with van der Waals surface area (Å²) in [5, 5.41) is 3.55. The summed E-state index contributed by atoms with van der Waals surface area (Å²) in [6.45, 7) is 10.4. The van der Waals surface area contributed by atoms with E-state index in [1.807, 2.05) is 0 Å². The monoisotopic (exact) mass is 368 g/mol. The van der Waals surface area contributed by atoms with E-state index >= 15 is 0 Å². The highest BCUT2D eigenvalue weighted by atomic mass is 15.3. The molecule has 4 heteroatoms. The van der Waals surface area contributed by atoms with Crippen molar-refractivity contribution in [3.63, 3.8) is 0 Å². The average molecular weight is 369 g/mol. The highest BCUT2D eigenvalue weighted by Crippen LogP contribution is 2.47. The van der Waals surface area contributed by atoms with Crippen LogP contribution in [0.4, 0.5) is 0 Å². The number of rotatable bonds is 6. The third-order valence-corrected chi connectivity index (χ3v) is 6.51. The lowest BCUT2D eigenvalue weighted by atomic mass is 10.1. The van der Waals surface area contributed by atoms with E-state index in [9.17, 15) is 0 Å². The first kappa shape index (κ1) is 18.8. The number of benzene rings is 1. The van der Waals surface area contributed by atoms with E-state index in [2.05, 4.69) is 52.4 Å². The number of likely N-dealkylation sites (tertiary alicyclic amines) is 2. The first-order valence-electron chi connectivity index (χ1n) is 11.1. The van der Waals surface area contributed by atoms with Gasteiger partial charge in [-0.3, -0.25) is 4.99 Å². The van der Waals surface area contributed by atoms with Gasteiger partial charge in [-0.25, -0.2) is 0 Å². The van der Waals surface area contributed by atoms with E-state index in [0.29, 0.717) is 0 Å². The molecule has 3 unspecified atom stereocenters. The van der Waals surface area contributed by atoms with Crippen LogP contribution >= 0.6 is 0 Å². The van der Waals surface area contributed by atoms with Gasteiger partial charge in [0.05, 0.1) is 0 Å². The minimum absolute atomic E-state index is 0.725. The maximum atomic E-state index is 5.03. The molecule has 2 saturated heterocycles. The average Bonchev–Trinajstić information content (AvgIpc) is 3.35. The molecule has 1 aromatic carbocycles. The fourth-order valence-corrected chi connectivity index (χ4v) is 4.87. The molecule has 4 rings (SSSR count). The maximum Gasteiger partial charge on any atom is 0.193 e. The quantitative estimate of drug-likeness (QED) is 0.615. The van der Waals surface area contributed by atoms with Crippen molar-refractivity contribution in [3.8, 4) is 0 Å². The molecule has 0 radical (unpaired) electrons. The second-order valence-electron chi connectivity index (χ2n) is 8.67. The second-order valence-corrected chi connectivity index (χ2v) is 8.67. The molecule has 0 amide bonds. The number of nitrogens with zero attached hydrogens (tertiary/aromatic N) is 3. The molecule has 0 spiro atoms. The Bertz CT molecular complexity index is 608. The summed E-state index contributed by atoms with van der Waals surface area (Å²) < 4.78 is 0. The standard InChI is InChI=1S/C23H36N4/c1-2-24-23(25-16-21-15-22(21)20-9-5-3-6-10-20)27-14-11-19(18-27)17-26-12-7-4-8-13-26/h3,5-6,9-10,19,21-22H,2,4,7-8,11-18H2,1H3,(H,24,25). The Hall–Kier alpha value is -1.55. The van der Waals surface area contributed by atoms with E-state index in [-0.39, 0.29) is 0 Å². The fraction of sp³-hybridized carbons (Fsp3) is 0.696. The van der Waals surface area contributed by atoms with Gasteiger partial charge in [-0.05, 0) is 69.0 Å². The molecule has 2 heterocycles. The number of aliphatic imine (C=N–C) groups is 1. The minimum atomic E-state index is 0.725. The van der Waals surface area contributed by atoms with E-state index in [1.54, 1.807) is 0 Å². The Balaban J connectivity index is 1.28. The molecular formula is C23H36N4. The topological polar surface area (TPSA) is 30.9 Å². The van der Waals surface area contributed by atoms with Gasteiger partial charge in [0.25, 0.3) is 0 Å². The molecule has 2 aliphatic heterocycles. The summed E-state index contributed by atoms with van der Waals surface area (Å²) in [7, 11) is 0. The zero-order valence-electron chi connectivity index (χ0n) is 16.9. The summed E-state index contributed by atoms with van der Waals surface area (Å²) in [5.41, 5.74) is 1.49. The van der Waals surface area contributed by atoms with Crippen LogP contribution in [0.5, 0.6) is 0 Å². The van der Waals surface area contributed by atoms with Gasteiger partial charge < -0.3 is 15.1 Å². The zero-order valence-corrected chi connectivity index (χ0v) is 16.9. The van der Waals surface area contributed by atoms with Crippen LogP contribution in [0.25, 0.3) is 0 Å². The maximum absolute atomic E-state index is 5.03. The number of guanidine groups is 1. The van der Waals surface area contributed by atoms with Crippen LogP contribution in [0, 0.1) is 11.8 Å². The van der Waals surface area contributed by atoms with Crippen molar-refractivity contribution in [1.29, 1.82) is 0 Å². The lowest BCUT2D eigenvalue weighted by Crippen LogP contribution is -2.41. The van der Waals surface area contributed by atoms with Crippen molar-refractivity contribution in [2.24, 2.45) is 16.8 Å². The van der Waals surface area contributed by atoms with Crippen molar-refractivity contribution in [3.05, 3.63) is 35.9 Å². The highest BCUT2D eigenvalue weighted by Gasteiger charge is 2.38. The van der Waals surface area contributed by atoms with Crippen LogP contribution < -0.4 is 5.32 Å². The molecule has 27 heavy (non-hydrogen) atoms. The molecule has 1 aromatic rings. The molecule has 0 aromatic heterocycles. The molecule has 3 fully saturated rings. The smallest absolute Gasteiger partial charge is 0.193 e. The Kier molecular flexibility index (Phi) is 6.33.